The molecule has 1 aliphatic heterocycles. The van der Waals surface area contributed by atoms with Crippen LogP contribution < -0.4 is 5.32 Å². The number of morpholine rings is 1. The molecule has 1 N–H and O–H groups in total. The number of aromatic nitrogens is 1. The van der Waals surface area contributed by atoms with Gasteiger partial charge in [-0.3, -0.25) is 0 Å². The third-order valence-electron chi connectivity index (χ3n) is 2.87. The zero-order chi connectivity index (χ0) is 12.5. The van der Waals surface area contributed by atoms with Crippen molar-refractivity contribution in [3.63, 3.8) is 0 Å². The number of ether oxygens (including phenoxy) is 1. The molecule has 3 rings (SSSR count). The predicted octanol–water partition coefficient (Wildman–Crippen LogP) is 2.67. The molecule has 1 saturated heterocycles. The first kappa shape index (κ1) is 12.2. The zero-order valence-electron chi connectivity index (χ0n) is 9.58. The summed E-state index contributed by atoms with van der Waals surface area (Å²) in [6, 6.07) is 3.64. The first-order chi connectivity index (χ1) is 8.72. The summed E-state index contributed by atoms with van der Waals surface area (Å²) in [7, 11) is 0. The number of halogens is 2. The second-order valence-corrected chi connectivity index (χ2v) is 5.12. The van der Waals surface area contributed by atoms with Crippen molar-refractivity contribution in [2.24, 2.45) is 0 Å². The van der Waals surface area contributed by atoms with E-state index in [-0.39, 0.29) is 6.04 Å². The van der Waals surface area contributed by atoms with E-state index in [1.165, 1.54) is 0 Å². The Kier molecular flexibility index (Phi) is 3.43. The molecule has 18 heavy (non-hydrogen) atoms. The number of hydrogen-bond acceptors (Lipinski definition) is 4. The minimum absolute atomic E-state index is 0.237. The van der Waals surface area contributed by atoms with Crippen LogP contribution in [0.5, 0.6) is 0 Å². The highest BCUT2D eigenvalue weighted by Gasteiger charge is 2.18. The van der Waals surface area contributed by atoms with Crippen LogP contribution in [0, 0.1) is 0 Å². The second kappa shape index (κ2) is 5.05. The summed E-state index contributed by atoms with van der Waals surface area (Å²) < 4.78 is 11.1. The summed E-state index contributed by atoms with van der Waals surface area (Å²) in [4.78, 5) is 4.40. The Bertz CT molecular complexity index is 564. The molecule has 0 amide bonds. The van der Waals surface area contributed by atoms with E-state index in [0.717, 1.165) is 13.2 Å². The number of benzene rings is 1. The molecule has 6 heteroatoms. The van der Waals surface area contributed by atoms with Crippen LogP contribution in [0.1, 0.15) is 5.89 Å². The van der Waals surface area contributed by atoms with E-state index in [1.54, 1.807) is 12.1 Å². The number of oxazole rings is 1. The van der Waals surface area contributed by atoms with Crippen molar-refractivity contribution in [1.82, 2.24) is 10.3 Å². The molecule has 4 nitrogen and oxygen atoms in total. The quantitative estimate of drug-likeness (QED) is 0.922. The summed E-state index contributed by atoms with van der Waals surface area (Å²) in [6.07, 6.45) is 0.683. The molecule has 2 heterocycles. The molecule has 0 bridgehead atoms. The maximum Gasteiger partial charge on any atom is 0.197 e. The summed E-state index contributed by atoms with van der Waals surface area (Å²) in [5, 5.41) is 4.41. The molecule has 1 unspecified atom stereocenters. The van der Waals surface area contributed by atoms with Crippen molar-refractivity contribution < 1.29 is 9.15 Å². The third kappa shape index (κ3) is 2.47. The number of nitrogens with one attached hydrogen (secondary N) is 1. The lowest BCUT2D eigenvalue weighted by Crippen LogP contribution is -2.42. The normalized spacial score (nSPS) is 20.4. The van der Waals surface area contributed by atoms with Gasteiger partial charge >= 0.3 is 0 Å². The van der Waals surface area contributed by atoms with Crippen molar-refractivity contribution >= 4 is 34.3 Å². The largest absolute Gasteiger partial charge is 0.439 e. The van der Waals surface area contributed by atoms with Gasteiger partial charge < -0.3 is 14.5 Å². The van der Waals surface area contributed by atoms with E-state index in [4.69, 9.17) is 32.4 Å². The molecular formula is C12H12Cl2N2O2. The van der Waals surface area contributed by atoms with E-state index in [9.17, 15) is 0 Å². The van der Waals surface area contributed by atoms with Gasteiger partial charge in [-0.05, 0) is 12.1 Å². The molecule has 1 fully saturated rings. The summed E-state index contributed by atoms with van der Waals surface area (Å²) >= 11 is 12.0. The van der Waals surface area contributed by atoms with E-state index in [1.807, 2.05) is 0 Å². The molecule has 1 aromatic carbocycles. The van der Waals surface area contributed by atoms with Crippen LogP contribution in [0.25, 0.3) is 11.1 Å². The van der Waals surface area contributed by atoms with Gasteiger partial charge in [0.25, 0.3) is 0 Å². The fourth-order valence-corrected chi connectivity index (χ4v) is 2.58. The van der Waals surface area contributed by atoms with Gasteiger partial charge in [-0.25, -0.2) is 4.98 Å². The van der Waals surface area contributed by atoms with Crippen LogP contribution in [-0.4, -0.2) is 30.8 Å². The van der Waals surface area contributed by atoms with Crippen LogP contribution in [0.2, 0.25) is 10.0 Å². The molecule has 1 aliphatic rings. The molecule has 1 aromatic heterocycles. The van der Waals surface area contributed by atoms with Crippen LogP contribution in [0.4, 0.5) is 0 Å². The van der Waals surface area contributed by atoms with Gasteiger partial charge in [-0.1, -0.05) is 23.2 Å². The van der Waals surface area contributed by atoms with Crippen molar-refractivity contribution in [2.75, 3.05) is 19.8 Å². The first-order valence-electron chi connectivity index (χ1n) is 5.78. The van der Waals surface area contributed by atoms with E-state index in [2.05, 4.69) is 10.3 Å². The first-order valence-corrected chi connectivity index (χ1v) is 6.53. The van der Waals surface area contributed by atoms with E-state index < -0.39 is 0 Å². The van der Waals surface area contributed by atoms with Gasteiger partial charge in [-0.15, -0.1) is 0 Å². The standard InChI is InChI=1S/C12H12Cl2N2O2/c13-7-3-9(14)12-10(4-7)16-11(18-12)5-8-6-17-2-1-15-8/h3-4,8,15H,1-2,5-6H2. The van der Waals surface area contributed by atoms with Gasteiger partial charge in [0.2, 0.25) is 0 Å². The molecule has 0 radical (unpaired) electrons. The topological polar surface area (TPSA) is 47.3 Å². The molecule has 0 spiro atoms. The van der Waals surface area contributed by atoms with E-state index >= 15 is 0 Å². The minimum Gasteiger partial charge on any atom is -0.439 e. The fraction of sp³-hybridized carbons (Fsp3) is 0.417. The highest BCUT2D eigenvalue weighted by molar-refractivity contribution is 6.37. The highest BCUT2D eigenvalue weighted by Crippen LogP contribution is 2.28. The van der Waals surface area contributed by atoms with Crippen molar-refractivity contribution in [2.45, 2.75) is 12.5 Å². The average Bonchev–Trinajstić information content (AvgIpc) is 2.73. The van der Waals surface area contributed by atoms with Crippen LogP contribution in [0.15, 0.2) is 16.5 Å². The Morgan fingerprint density at radius 1 is 1.39 bits per heavy atom. The molecule has 1 atom stereocenters. The number of fused-ring (bicyclic) bond motifs is 1. The van der Waals surface area contributed by atoms with Crippen LogP contribution >= 0.6 is 23.2 Å². The summed E-state index contributed by atoms with van der Waals surface area (Å²) in [5.74, 6) is 0.650. The lowest BCUT2D eigenvalue weighted by atomic mass is 10.2. The van der Waals surface area contributed by atoms with Gasteiger partial charge in [0.15, 0.2) is 11.5 Å². The fourth-order valence-electron chi connectivity index (χ4n) is 2.05. The average molecular weight is 287 g/mol. The van der Waals surface area contributed by atoms with Crippen molar-refractivity contribution in [3.8, 4) is 0 Å². The Morgan fingerprint density at radius 2 is 2.28 bits per heavy atom. The molecular weight excluding hydrogens is 275 g/mol. The SMILES string of the molecule is Clc1cc(Cl)c2oc(CC3COCCN3)nc2c1. The van der Waals surface area contributed by atoms with Crippen molar-refractivity contribution in [1.29, 1.82) is 0 Å². The lowest BCUT2D eigenvalue weighted by Gasteiger charge is -2.22. The number of rotatable bonds is 2. The Balaban J connectivity index is 1.86. The van der Waals surface area contributed by atoms with Gasteiger partial charge in [-0.2, -0.15) is 0 Å². The number of nitrogens with zero attached hydrogens (tertiary/aromatic N) is 1. The maximum absolute atomic E-state index is 6.06. The van der Waals surface area contributed by atoms with E-state index in [0.29, 0.717) is 40.1 Å². The minimum atomic E-state index is 0.237. The molecule has 0 aliphatic carbocycles. The van der Waals surface area contributed by atoms with Gasteiger partial charge in [0.05, 0.1) is 18.2 Å². The Labute approximate surface area is 114 Å². The Morgan fingerprint density at radius 3 is 3.06 bits per heavy atom. The Hall–Kier alpha value is -0.810. The molecule has 0 saturated carbocycles. The smallest absolute Gasteiger partial charge is 0.197 e. The monoisotopic (exact) mass is 286 g/mol. The molecule has 96 valence electrons. The lowest BCUT2D eigenvalue weighted by molar-refractivity contribution is 0.0751. The molecule has 2 aromatic rings. The van der Waals surface area contributed by atoms with Gasteiger partial charge in [0.1, 0.15) is 5.52 Å². The maximum atomic E-state index is 6.06. The second-order valence-electron chi connectivity index (χ2n) is 4.27. The summed E-state index contributed by atoms with van der Waals surface area (Å²) in [6.45, 7) is 2.29. The summed E-state index contributed by atoms with van der Waals surface area (Å²) in [5.41, 5.74) is 1.28. The van der Waals surface area contributed by atoms with Crippen molar-refractivity contribution in [3.05, 3.63) is 28.1 Å². The number of hydrogen-bond donors (Lipinski definition) is 1. The van der Waals surface area contributed by atoms with Gasteiger partial charge in [0, 0.05) is 24.0 Å². The van der Waals surface area contributed by atoms with Crippen LogP contribution in [0.3, 0.4) is 0 Å². The predicted molar refractivity (Wildman–Crippen MR) is 70.3 cm³/mol. The zero-order valence-corrected chi connectivity index (χ0v) is 11.1. The third-order valence-corrected chi connectivity index (χ3v) is 3.37. The van der Waals surface area contributed by atoms with Crippen LogP contribution in [-0.2, 0) is 11.2 Å². The highest BCUT2D eigenvalue weighted by atomic mass is 35.5.